The molecule has 0 spiro atoms. The van der Waals surface area contributed by atoms with Crippen molar-refractivity contribution in [3.8, 4) is 0 Å². The first-order chi connectivity index (χ1) is 9.15. The summed E-state index contributed by atoms with van der Waals surface area (Å²) in [6, 6.07) is 6.80. The first-order valence-electron chi connectivity index (χ1n) is 7.04. The lowest BCUT2D eigenvalue weighted by Crippen LogP contribution is -2.49. The van der Waals surface area contributed by atoms with E-state index >= 15 is 0 Å². The lowest BCUT2D eigenvalue weighted by molar-refractivity contribution is -0.0564. The van der Waals surface area contributed by atoms with Crippen LogP contribution in [0.4, 0.5) is 4.39 Å². The molecule has 3 nitrogen and oxygen atoms in total. The second-order valence-electron chi connectivity index (χ2n) is 5.74. The fourth-order valence-electron chi connectivity index (χ4n) is 3.40. The van der Waals surface area contributed by atoms with Crippen LogP contribution in [0.25, 0.3) is 0 Å². The molecule has 0 aromatic heterocycles. The molecule has 3 rings (SSSR count). The Balaban J connectivity index is 1.87. The van der Waals surface area contributed by atoms with Gasteiger partial charge in [0.2, 0.25) is 0 Å². The molecule has 0 amide bonds. The van der Waals surface area contributed by atoms with Gasteiger partial charge in [0.1, 0.15) is 5.82 Å². The average Bonchev–Trinajstić information content (AvgIpc) is 2.71. The van der Waals surface area contributed by atoms with E-state index in [1.165, 1.54) is 6.07 Å². The fourth-order valence-corrected chi connectivity index (χ4v) is 3.40. The molecule has 19 heavy (non-hydrogen) atoms. The number of nitrogens with two attached hydrogens (primary N) is 1. The predicted molar refractivity (Wildman–Crippen MR) is 72.3 cm³/mol. The van der Waals surface area contributed by atoms with Crippen LogP contribution in [0, 0.1) is 5.82 Å². The largest absolute Gasteiger partial charge is 0.372 e. The highest BCUT2D eigenvalue weighted by Crippen LogP contribution is 2.33. The Bertz CT molecular complexity index is 440. The number of likely N-dealkylation sites (tertiary alicyclic amines) is 1. The third kappa shape index (κ3) is 2.53. The number of benzene rings is 1. The van der Waals surface area contributed by atoms with Gasteiger partial charge in [0, 0.05) is 24.7 Å². The minimum Gasteiger partial charge on any atom is -0.372 e. The number of morpholine rings is 1. The van der Waals surface area contributed by atoms with Crippen molar-refractivity contribution in [1.29, 1.82) is 0 Å². The molecule has 104 valence electrons. The van der Waals surface area contributed by atoms with Crippen LogP contribution in [-0.2, 0) is 4.74 Å². The lowest BCUT2D eigenvalue weighted by atomic mass is 9.97. The van der Waals surface area contributed by atoms with Gasteiger partial charge in [-0.1, -0.05) is 18.2 Å². The molecule has 1 aromatic carbocycles. The molecular formula is C15H21FN2O. The van der Waals surface area contributed by atoms with E-state index in [0.29, 0.717) is 17.8 Å². The van der Waals surface area contributed by atoms with E-state index in [4.69, 9.17) is 10.5 Å². The minimum absolute atomic E-state index is 0.0619. The van der Waals surface area contributed by atoms with Crippen LogP contribution in [0.2, 0.25) is 0 Å². The highest BCUT2D eigenvalue weighted by Gasteiger charge is 2.38. The number of rotatable bonds is 3. The maximum atomic E-state index is 14.1. The molecule has 2 fully saturated rings. The predicted octanol–water partition coefficient (Wildman–Crippen LogP) is 2.08. The summed E-state index contributed by atoms with van der Waals surface area (Å²) in [7, 11) is 0. The van der Waals surface area contributed by atoms with Crippen LogP contribution in [0.1, 0.15) is 31.4 Å². The first kappa shape index (κ1) is 13.0. The third-order valence-corrected chi connectivity index (χ3v) is 4.19. The summed E-state index contributed by atoms with van der Waals surface area (Å²) in [5.41, 5.74) is 6.84. The summed E-state index contributed by atoms with van der Waals surface area (Å²) in [4.78, 5) is 2.30. The number of halogens is 1. The van der Waals surface area contributed by atoms with Gasteiger partial charge in [-0.25, -0.2) is 4.39 Å². The topological polar surface area (TPSA) is 38.5 Å². The van der Waals surface area contributed by atoms with Gasteiger partial charge in [0.15, 0.2) is 0 Å². The Morgan fingerprint density at radius 3 is 2.47 bits per heavy atom. The Morgan fingerprint density at radius 1 is 1.26 bits per heavy atom. The third-order valence-electron chi connectivity index (χ3n) is 4.19. The monoisotopic (exact) mass is 264 g/mol. The molecule has 2 aliphatic heterocycles. The molecule has 2 bridgehead atoms. The summed E-state index contributed by atoms with van der Waals surface area (Å²) in [6.07, 6.45) is 2.83. The van der Waals surface area contributed by atoms with Crippen molar-refractivity contribution in [1.82, 2.24) is 4.90 Å². The quantitative estimate of drug-likeness (QED) is 0.908. The molecular weight excluding hydrogens is 243 g/mol. The molecule has 2 N–H and O–H groups in total. The van der Waals surface area contributed by atoms with Crippen molar-refractivity contribution >= 4 is 0 Å². The van der Waals surface area contributed by atoms with Gasteiger partial charge in [-0.3, -0.25) is 4.90 Å². The second-order valence-corrected chi connectivity index (χ2v) is 5.74. The zero-order valence-electron chi connectivity index (χ0n) is 11.3. The van der Waals surface area contributed by atoms with E-state index in [1.54, 1.807) is 6.07 Å². The van der Waals surface area contributed by atoms with Gasteiger partial charge in [0.05, 0.1) is 18.2 Å². The summed E-state index contributed by atoms with van der Waals surface area (Å²) in [6.45, 7) is 3.67. The lowest BCUT2D eigenvalue weighted by Gasteiger charge is -2.40. The van der Waals surface area contributed by atoms with Crippen LogP contribution in [0.5, 0.6) is 0 Å². The van der Waals surface area contributed by atoms with Crippen molar-refractivity contribution in [2.45, 2.75) is 44.1 Å². The standard InChI is InChI=1S/C15H21FN2O/c1-10(17)15(13-4-2-3-5-14(13)16)18-8-11-6-7-12(9-18)19-11/h2-5,10-12,15H,6-9,17H2,1H3. The summed E-state index contributed by atoms with van der Waals surface area (Å²) >= 11 is 0. The summed E-state index contributed by atoms with van der Waals surface area (Å²) < 4.78 is 19.9. The Kier molecular flexibility index (Phi) is 3.56. The van der Waals surface area contributed by atoms with Crippen LogP contribution in [0.15, 0.2) is 24.3 Å². The molecule has 4 unspecified atom stereocenters. The van der Waals surface area contributed by atoms with E-state index in [1.807, 2.05) is 19.1 Å². The molecule has 2 aliphatic rings. The van der Waals surface area contributed by atoms with Gasteiger partial charge >= 0.3 is 0 Å². The number of ether oxygens (including phenoxy) is 1. The molecule has 0 saturated carbocycles. The van der Waals surface area contributed by atoms with Crippen molar-refractivity contribution in [3.63, 3.8) is 0 Å². The number of nitrogens with zero attached hydrogens (tertiary/aromatic N) is 1. The zero-order chi connectivity index (χ0) is 13.4. The molecule has 2 heterocycles. The van der Waals surface area contributed by atoms with Crippen LogP contribution >= 0.6 is 0 Å². The van der Waals surface area contributed by atoms with Gasteiger partial charge in [-0.15, -0.1) is 0 Å². The SMILES string of the molecule is CC(N)C(c1ccccc1F)N1CC2CCC(C1)O2. The van der Waals surface area contributed by atoms with E-state index in [0.717, 1.165) is 25.9 Å². The number of hydrogen-bond donors (Lipinski definition) is 1. The molecule has 2 saturated heterocycles. The Hall–Kier alpha value is -0.970. The molecule has 1 aromatic rings. The zero-order valence-corrected chi connectivity index (χ0v) is 11.3. The smallest absolute Gasteiger partial charge is 0.128 e. The van der Waals surface area contributed by atoms with E-state index < -0.39 is 0 Å². The van der Waals surface area contributed by atoms with Crippen molar-refractivity contribution in [2.75, 3.05) is 13.1 Å². The number of fused-ring (bicyclic) bond motifs is 2. The minimum atomic E-state index is -0.163. The number of hydrogen-bond acceptors (Lipinski definition) is 3. The Labute approximate surface area is 113 Å². The highest BCUT2D eigenvalue weighted by molar-refractivity contribution is 5.23. The van der Waals surface area contributed by atoms with Gasteiger partial charge in [-0.2, -0.15) is 0 Å². The van der Waals surface area contributed by atoms with Crippen molar-refractivity contribution < 1.29 is 9.13 Å². The molecule has 0 radical (unpaired) electrons. The van der Waals surface area contributed by atoms with Gasteiger partial charge in [-0.05, 0) is 25.8 Å². The molecule has 4 heteroatoms. The van der Waals surface area contributed by atoms with E-state index in [9.17, 15) is 4.39 Å². The fraction of sp³-hybridized carbons (Fsp3) is 0.600. The highest BCUT2D eigenvalue weighted by atomic mass is 19.1. The average molecular weight is 264 g/mol. The van der Waals surface area contributed by atoms with Gasteiger partial charge in [0.25, 0.3) is 0 Å². The normalized spacial score (nSPS) is 30.3. The first-order valence-corrected chi connectivity index (χ1v) is 7.04. The van der Waals surface area contributed by atoms with Crippen molar-refractivity contribution in [3.05, 3.63) is 35.6 Å². The van der Waals surface area contributed by atoms with Crippen LogP contribution in [-0.4, -0.2) is 36.2 Å². The van der Waals surface area contributed by atoms with E-state index in [-0.39, 0.29) is 17.9 Å². The Morgan fingerprint density at radius 2 is 1.89 bits per heavy atom. The molecule has 4 atom stereocenters. The van der Waals surface area contributed by atoms with Crippen molar-refractivity contribution in [2.24, 2.45) is 5.73 Å². The maximum absolute atomic E-state index is 14.1. The van der Waals surface area contributed by atoms with E-state index in [2.05, 4.69) is 4.90 Å². The molecule has 0 aliphatic carbocycles. The second kappa shape index (κ2) is 5.19. The van der Waals surface area contributed by atoms with Crippen LogP contribution < -0.4 is 5.73 Å². The summed E-state index contributed by atoms with van der Waals surface area (Å²) in [5, 5.41) is 0. The maximum Gasteiger partial charge on any atom is 0.128 e. The summed E-state index contributed by atoms with van der Waals surface area (Å²) in [5.74, 6) is -0.163. The van der Waals surface area contributed by atoms with Gasteiger partial charge < -0.3 is 10.5 Å². The van der Waals surface area contributed by atoms with Crippen LogP contribution in [0.3, 0.4) is 0 Å².